The summed E-state index contributed by atoms with van der Waals surface area (Å²) in [5, 5.41) is 3.77. The Morgan fingerprint density at radius 2 is 1.94 bits per heavy atom. The maximum atomic E-state index is 3.77. The first-order chi connectivity index (χ1) is 8.22. The number of likely N-dealkylation sites (tertiary alicyclic amines) is 1. The van der Waals surface area contributed by atoms with E-state index in [9.17, 15) is 0 Å². The SMILES string of the molecule is CCCNC1CCCC1N1CC(C)CCC1C. The van der Waals surface area contributed by atoms with E-state index in [4.69, 9.17) is 0 Å². The fourth-order valence-electron chi connectivity index (χ4n) is 3.69. The van der Waals surface area contributed by atoms with Gasteiger partial charge >= 0.3 is 0 Å². The number of nitrogens with zero attached hydrogens (tertiary/aromatic N) is 1. The predicted octanol–water partition coefficient (Wildman–Crippen LogP) is 3.03. The van der Waals surface area contributed by atoms with Gasteiger partial charge in [-0.15, -0.1) is 0 Å². The minimum Gasteiger partial charge on any atom is -0.312 e. The quantitative estimate of drug-likeness (QED) is 0.810. The zero-order valence-electron chi connectivity index (χ0n) is 11.9. The molecule has 0 amide bonds. The third kappa shape index (κ3) is 3.23. The molecule has 4 atom stereocenters. The highest BCUT2D eigenvalue weighted by molar-refractivity contribution is 4.94. The molecular weight excluding hydrogens is 208 g/mol. The van der Waals surface area contributed by atoms with Gasteiger partial charge in [-0.3, -0.25) is 4.90 Å². The maximum Gasteiger partial charge on any atom is 0.0252 e. The van der Waals surface area contributed by atoms with E-state index in [0.29, 0.717) is 0 Å². The molecule has 2 aliphatic rings. The molecule has 0 radical (unpaired) electrons. The van der Waals surface area contributed by atoms with Gasteiger partial charge in [0.1, 0.15) is 0 Å². The van der Waals surface area contributed by atoms with E-state index in [1.54, 1.807) is 0 Å². The van der Waals surface area contributed by atoms with Gasteiger partial charge in [0.25, 0.3) is 0 Å². The first-order valence-electron chi connectivity index (χ1n) is 7.71. The zero-order valence-corrected chi connectivity index (χ0v) is 11.9. The second-order valence-electron chi connectivity index (χ2n) is 6.29. The second kappa shape index (κ2) is 6.19. The molecule has 1 N–H and O–H groups in total. The van der Waals surface area contributed by atoms with Gasteiger partial charge in [-0.05, 0) is 51.5 Å². The smallest absolute Gasteiger partial charge is 0.0252 e. The molecule has 1 saturated heterocycles. The van der Waals surface area contributed by atoms with E-state index < -0.39 is 0 Å². The van der Waals surface area contributed by atoms with Crippen LogP contribution in [0, 0.1) is 5.92 Å². The summed E-state index contributed by atoms with van der Waals surface area (Å²) in [7, 11) is 0. The van der Waals surface area contributed by atoms with Gasteiger partial charge in [-0.2, -0.15) is 0 Å². The van der Waals surface area contributed by atoms with Crippen molar-refractivity contribution in [1.29, 1.82) is 0 Å². The van der Waals surface area contributed by atoms with Crippen molar-refractivity contribution in [2.75, 3.05) is 13.1 Å². The molecule has 1 heterocycles. The topological polar surface area (TPSA) is 15.3 Å². The second-order valence-corrected chi connectivity index (χ2v) is 6.29. The Bertz CT molecular complexity index is 229. The molecule has 0 aromatic rings. The first-order valence-corrected chi connectivity index (χ1v) is 7.71. The molecule has 2 nitrogen and oxygen atoms in total. The van der Waals surface area contributed by atoms with Gasteiger partial charge in [-0.1, -0.05) is 20.3 Å². The Labute approximate surface area is 107 Å². The Balaban J connectivity index is 1.94. The predicted molar refractivity (Wildman–Crippen MR) is 74.3 cm³/mol. The van der Waals surface area contributed by atoms with Crippen LogP contribution in [0.25, 0.3) is 0 Å². The van der Waals surface area contributed by atoms with Gasteiger partial charge in [0.2, 0.25) is 0 Å². The fraction of sp³-hybridized carbons (Fsp3) is 1.00. The van der Waals surface area contributed by atoms with Gasteiger partial charge < -0.3 is 5.32 Å². The summed E-state index contributed by atoms with van der Waals surface area (Å²) in [4.78, 5) is 2.81. The normalized spacial score (nSPS) is 39.7. The van der Waals surface area contributed by atoms with E-state index in [1.165, 1.54) is 51.6 Å². The molecular formula is C15H30N2. The van der Waals surface area contributed by atoms with Gasteiger partial charge in [0, 0.05) is 24.7 Å². The van der Waals surface area contributed by atoms with Crippen LogP contribution in [-0.4, -0.2) is 36.1 Å². The van der Waals surface area contributed by atoms with Crippen LogP contribution in [0.5, 0.6) is 0 Å². The average molecular weight is 238 g/mol. The zero-order chi connectivity index (χ0) is 12.3. The summed E-state index contributed by atoms with van der Waals surface area (Å²) >= 11 is 0. The standard InChI is InChI=1S/C15H30N2/c1-4-10-16-14-6-5-7-15(14)17-11-12(2)8-9-13(17)3/h12-16H,4-11H2,1-3H3. The van der Waals surface area contributed by atoms with Crippen molar-refractivity contribution in [3.05, 3.63) is 0 Å². The highest BCUT2D eigenvalue weighted by atomic mass is 15.2. The van der Waals surface area contributed by atoms with Crippen LogP contribution >= 0.6 is 0 Å². The van der Waals surface area contributed by atoms with Crippen LogP contribution in [-0.2, 0) is 0 Å². The largest absolute Gasteiger partial charge is 0.312 e. The third-order valence-electron chi connectivity index (χ3n) is 4.73. The summed E-state index contributed by atoms with van der Waals surface area (Å²) in [6, 6.07) is 2.39. The van der Waals surface area contributed by atoms with Crippen molar-refractivity contribution in [2.24, 2.45) is 5.92 Å². The Morgan fingerprint density at radius 3 is 2.71 bits per heavy atom. The monoisotopic (exact) mass is 238 g/mol. The van der Waals surface area contributed by atoms with E-state index in [1.807, 2.05) is 0 Å². The van der Waals surface area contributed by atoms with E-state index in [0.717, 1.165) is 24.0 Å². The molecule has 0 aromatic carbocycles. The Hall–Kier alpha value is -0.0800. The van der Waals surface area contributed by atoms with Crippen molar-refractivity contribution in [3.8, 4) is 0 Å². The average Bonchev–Trinajstić information content (AvgIpc) is 2.77. The number of hydrogen-bond acceptors (Lipinski definition) is 2. The lowest BCUT2D eigenvalue weighted by atomic mass is 9.92. The van der Waals surface area contributed by atoms with Crippen molar-refractivity contribution in [2.45, 2.75) is 77.4 Å². The molecule has 4 unspecified atom stereocenters. The van der Waals surface area contributed by atoms with Crippen molar-refractivity contribution < 1.29 is 0 Å². The minimum absolute atomic E-state index is 0.766. The third-order valence-corrected chi connectivity index (χ3v) is 4.73. The highest BCUT2D eigenvalue weighted by Gasteiger charge is 2.36. The van der Waals surface area contributed by atoms with Crippen molar-refractivity contribution in [3.63, 3.8) is 0 Å². The van der Waals surface area contributed by atoms with Crippen LogP contribution in [0.3, 0.4) is 0 Å². The van der Waals surface area contributed by atoms with Crippen molar-refractivity contribution in [1.82, 2.24) is 10.2 Å². The van der Waals surface area contributed by atoms with Crippen LogP contribution in [0.2, 0.25) is 0 Å². The molecule has 0 aromatic heterocycles. The summed E-state index contributed by atoms with van der Waals surface area (Å²) in [5.41, 5.74) is 0. The van der Waals surface area contributed by atoms with Gasteiger partial charge in [-0.25, -0.2) is 0 Å². The van der Waals surface area contributed by atoms with E-state index in [2.05, 4.69) is 31.0 Å². The molecule has 17 heavy (non-hydrogen) atoms. The molecule has 1 saturated carbocycles. The highest BCUT2D eigenvalue weighted by Crippen LogP contribution is 2.31. The number of hydrogen-bond donors (Lipinski definition) is 1. The van der Waals surface area contributed by atoms with Crippen molar-refractivity contribution >= 4 is 0 Å². The van der Waals surface area contributed by atoms with Gasteiger partial charge in [0.15, 0.2) is 0 Å². The summed E-state index contributed by atoms with van der Waals surface area (Å²) in [6.45, 7) is 9.64. The van der Waals surface area contributed by atoms with Crippen LogP contribution in [0.4, 0.5) is 0 Å². The molecule has 2 fully saturated rings. The molecule has 0 bridgehead atoms. The fourth-order valence-corrected chi connectivity index (χ4v) is 3.69. The Morgan fingerprint density at radius 1 is 1.12 bits per heavy atom. The summed E-state index contributed by atoms with van der Waals surface area (Å²) in [6.07, 6.45) is 8.31. The van der Waals surface area contributed by atoms with E-state index >= 15 is 0 Å². The molecule has 0 spiro atoms. The lowest BCUT2D eigenvalue weighted by Crippen LogP contribution is -2.53. The summed E-state index contributed by atoms with van der Waals surface area (Å²) < 4.78 is 0. The molecule has 2 rings (SSSR count). The van der Waals surface area contributed by atoms with Crippen LogP contribution in [0.1, 0.15) is 59.3 Å². The van der Waals surface area contributed by atoms with Crippen LogP contribution in [0.15, 0.2) is 0 Å². The lowest BCUT2D eigenvalue weighted by Gasteiger charge is -2.43. The minimum atomic E-state index is 0.766. The molecule has 2 heteroatoms. The summed E-state index contributed by atoms with van der Waals surface area (Å²) in [5.74, 6) is 0.902. The van der Waals surface area contributed by atoms with E-state index in [-0.39, 0.29) is 0 Å². The van der Waals surface area contributed by atoms with Gasteiger partial charge in [0.05, 0.1) is 0 Å². The number of rotatable bonds is 4. The van der Waals surface area contributed by atoms with Crippen LogP contribution < -0.4 is 5.32 Å². The first kappa shape index (κ1) is 13.4. The number of piperidine rings is 1. The maximum absolute atomic E-state index is 3.77. The molecule has 1 aliphatic carbocycles. The lowest BCUT2D eigenvalue weighted by molar-refractivity contribution is 0.0665. The number of nitrogens with one attached hydrogen (secondary N) is 1. The molecule has 1 aliphatic heterocycles. The molecule has 100 valence electrons. The Kier molecular flexibility index (Phi) is 4.87.